The summed E-state index contributed by atoms with van der Waals surface area (Å²) in [7, 11) is 0. The van der Waals surface area contributed by atoms with Gasteiger partial charge in [0.25, 0.3) is 0 Å². The molecule has 2 unspecified atom stereocenters. The predicted molar refractivity (Wildman–Crippen MR) is 79.4 cm³/mol. The van der Waals surface area contributed by atoms with Gasteiger partial charge < -0.3 is 10.5 Å². The van der Waals surface area contributed by atoms with E-state index in [1.165, 1.54) is 24.8 Å². The van der Waals surface area contributed by atoms with E-state index in [-0.39, 0.29) is 0 Å². The third-order valence-electron chi connectivity index (χ3n) is 4.05. The Bertz CT molecular complexity index is 377. The van der Waals surface area contributed by atoms with Crippen LogP contribution in [-0.2, 0) is 0 Å². The van der Waals surface area contributed by atoms with Crippen LogP contribution in [0.4, 0.5) is 0 Å². The van der Waals surface area contributed by atoms with E-state index in [9.17, 15) is 0 Å². The van der Waals surface area contributed by atoms with Crippen molar-refractivity contribution >= 4 is 0 Å². The summed E-state index contributed by atoms with van der Waals surface area (Å²) in [4.78, 5) is 2.55. The largest absolute Gasteiger partial charge is 0.494 e. The zero-order chi connectivity index (χ0) is 13.7. The van der Waals surface area contributed by atoms with Crippen molar-refractivity contribution in [1.82, 2.24) is 4.90 Å². The van der Waals surface area contributed by atoms with E-state index >= 15 is 0 Å². The summed E-state index contributed by atoms with van der Waals surface area (Å²) in [5.41, 5.74) is 7.33. The average molecular weight is 262 g/mol. The molecule has 0 bridgehead atoms. The fraction of sp³-hybridized carbons (Fsp3) is 0.625. The van der Waals surface area contributed by atoms with Crippen molar-refractivity contribution in [2.45, 2.75) is 45.2 Å². The summed E-state index contributed by atoms with van der Waals surface area (Å²) in [6, 6.07) is 9.39. The van der Waals surface area contributed by atoms with Gasteiger partial charge in [-0.1, -0.05) is 18.6 Å². The van der Waals surface area contributed by atoms with E-state index in [1.807, 2.05) is 6.92 Å². The molecular weight excluding hydrogens is 236 g/mol. The normalized spacial score (nSPS) is 22.2. The molecule has 0 spiro atoms. The van der Waals surface area contributed by atoms with Crippen LogP contribution >= 0.6 is 0 Å². The van der Waals surface area contributed by atoms with Crippen LogP contribution in [0.15, 0.2) is 24.3 Å². The van der Waals surface area contributed by atoms with Crippen molar-refractivity contribution in [2.24, 2.45) is 5.73 Å². The van der Waals surface area contributed by atoms with Crippen LogP contribution in [0.5, 0.6) is 5.75 Å². The lowest BCUT2D eigenvalue weighted by atomic mass is 9.97. The van der Waals surface area contributed by atoms with Crippen molar-refractivity contribution in [3.63, 3.8) is 0 Å². The van der Waals surface area contributed by atoms with Gasteiger partial charge in [-0.2, -0.15) is 0 Å². The number of benzene rings is 1. The lowest BCUT2D eigenvalue weighted by Gasteiger charge is -2.39. The highest BCUT2D eigenvalue weighted by Crippen LogP contribution is 2.28. The number of hydrogen-bond acceptors (Lipinski definition) is 3. The SMILES string of the molecule is CCOc1ccc(C(CN)N2CCCCC2C)cc1. The van der Waals surface area contributed by atoms with Gasteiger partial charge in [0.2, 0.25) is 0 Å². The molecule has 0 aliphatic carbocycles. The van der Waals surface area contributed by atoms with E-state index in [0.29, 0.717) is 25.2 Å². The van der Waals surface area contributed by atoms with E-state index in [4.69, 9.17) is 10.5 Å². The number of rotatable bonds is 5. The second-order valence-electron chi connectivity index (χ2n) is 5.34. The average Bonchev–Trinajstić information content (AvgIpc) is 2.44. The molecule has 1 aromatic carbocycles. The number of piperidine rings is 1. The van der Waals surface area contributed by atoms with Gasteiger partial charge in [-0.05, 0) is 50.9 Å². The fourth-order valence-electron chi connectivity index (χ4n) is 3.00. The van der Waals surface area contributed by atoms with E-state index in [2.05, 4.69) is 36.1 Å². The third-order valence-corrected chi connectivity index (χ3v) is 4.05. The summed E-state index contributed by atoms with van der Waals surface area (Å²) >= 11 is 0. The quantitative estimate of drug-likeness (QED) is 0.886. The topological polar surface area (TPSA) is 38.5 Å². The highest BCUT2D eigenvalue weighted by Gasteiger charge is 2.26. The van der Waals surface area contributed by atoms with Crippen LogP contribution in [0.1, 0.15) is 44.7 Å². The Labute approximate surface area is 116 Å². The van der Waals surface area contributed by atoms with Crippen LogP contribution in [0, 0.1) is 0 Å². The van der Waals surface area contributed by atoms with Gasteiger partial charge in [0.1, 0.15) is 5.75 Å². The molecule has 1 aromatic rings. The number of hydrogen-bond donors (Lipinski definition) is 1. The van der Waals surface area contributed by atoms with E-state index in [0.717, 1.165) is 12.3 Å². The summed E-state index contributed by atoms with van der Waals surface area (Å²) in [6.45, 7) is 6.87. The molecular formula is C16H26N2O. The maximum atomic E-state index is 6.02. The Morgan fingerprint density at radius 1 is 1.32 bits per heavy atom. The molecule has 2 atom stereocenters. The molecule has 3 heteroatoms. The Morgan fingerprint density at radius 3 is 2.63 bits per heavy atom. The van der Waals surface area contributed by atoms with Gasteiger partial charge in [0.15, 0.2) is 0 Å². The van der Waals surface area contributed by atoms with Crippen molar-refractivity contribution < 1.29 is 4.74 Å². The molecule has 1 heterocycles. The van der Waals surface area contributed by atoms with Crippen LogP contribution in [0.3, 0.4) is 0 Å². The first kappa shape index (κ1) is 14.4. The van der Waals surface area contributed by atoms with Gasteiger partial charge in [-0.3, -0.25) is 4.90 Å². The van der Waals surface area contributed by atoms with Crippen LogP contribution < -0.4 is 10.5 Å². The maximum absolute atomic E-state index is 6.02. The molecule has 0 aromatic heterocycles. The Morgan fingerprint density at radius 2 is 2.05 bits per heavy atom. The zero-order valence-corrected chi connectivity index (χ0v) is 12.1. The summed E-state index contributed by atoms with van der Waals surface area (Å²) in [5, 5.41) is 0. The minimum absolute atomic E-state index is 0.339. The molecule has 0 amide bonds. The van der Waals surface area contributed by atoms with Crippen LogP contribution in [0.2, 0.25) is 0 Å². The van der Waals surface area contributed by atoms with Crippen molar-refractivity contribution in [3.8, 4) is 5.75 Å². The van der Waals surface area contributed by atoms with E-state index in [1.54, 1.807) is 0 Å². The smallest absolute Gasteiger partial charge is 0.119 e. The van der Waals surface area contributed by atoms with Gasteiger partial charge >= 0.3 is 0 Å². The molecule has 1 fully saturated rings. The zero-order valence-electron chi connectivity index (χ0n) is 12.1. The maximum Gasteiger partial charge on any atom is 0.119 e. The Balaban J connectivity index is 2.11. The highest BCUT2D eigenvalue weighted by atomic mass is 16.5. The summed E-state index contributed by atoms with van der Waals surface area (Å²) < 4.78 is 5.50. The Hall–Kier alpha value is -1.06. The lowest BCUT2D eigenvalue weighted by Crippen LogP contribution is -2.43. The highest BCUT2D eigenvalue weighted by molar-refractivity contribution is 5.29. The molecule has 19 heavy (non-hydrogen) atoms. The number of ether oxygens (including phenoxy) is 1. The molecule has 2 N–H and O–H groups in total. The van der Waals surface area contributed by atoms with Gasteiger partial charge in [0, 0.05) is 18.6 Å². The first-order chi connectivity index (χ1) is 9.26. The molecule has 1 aliphatic rings. The van der Waals surface area contributed by atoms with Gasteiger partial charge in [0.05, 0.1) is 6.61 Å². The number of likely N-dealkylation sites (tertiary alicyclic amines) is 1. The van der Waals surface area contributed by atoms with Crippen molar-refractivity contribution in [3.05, 3.63) is 29.8 Å². The Kier molecular flexibility index (Phi) is 5.23. The van der Waals surface area contributed by atoms with Crippen LogP contribution in [0.25, 0.3) is 0 Å². The first-order valence-electron chi connectivity index (χ1n) is 7.44. The lowest BCUT2D eigenvalue weighted by molar-refractivity contribution is 0.109. The summed E-state index contributed by atoms with van der Waals surface area (Å²) in [5.74, 6) is 0.939. The van der Waals surface area contributed by atoms with Crippen molar-refractivity contribution in [2.75, 3.05) is 19.7 Å². The summed E-state index contributed by atoms with van der Waals surface area (Å²) in [6.07, 6.45) is 3.92. The fourth-order valence-corrected chi connectivity index (χ4v) is 3.00. The molecule has 3 nitrogen and oxygen atoms in total. The van der Waals surface area contributed by atoms with Crippen molar-refractivity contribution in [1.29, 1.82) is 0 Å². The molecule has 0 radical (unpaired) electrons. The molecule has 106 valence electrons. The van der Waals surface area contributed by atoms with Crippen LogP contribution in [-0.4, -0.2) is 30.6 Å². The minimum atomic E-state index is 0.339. The second-order valence-corrected chi connectivity index (χ2v) is 5.34. The molecule has 1 saturated heterocycles. The van der Waals surface area contributed by atoms with Gasteiger partial charge in [-0.15, -0.1) is 0 Å². The number of nitrogens with two attached hydrogens (primary N) is 1. The standard InChI is InChI=1S/C16H26N2O/c1-3-19-15-9-7-14(8-10-15)16(12-17)18-11-5-4-6-13(18)2/h7-10,13,16H,3-6,11-12,17H2,1-2H3. The molecule has 0 saturated carbocycles. The first-order valence-corrected chi connectivity index (χ1v) is 7.44. The molecule has 2 rings (SSSR count). The molecule has 1 aliphatic heterocycles. The van der Waals surface area contributed by atoms with Gasteiger partial charge in [-0.25, -0.2) is 0 Å². The third kappa shape index (κ3) is 3.48. The number of nitrogens with zero attached hydrogens (tertiary/aromatic N) is 1. The second kappa shape index (κ2) is 6.92. The minimum Gasteiger partial charge on any atom is -0.494 e. The monoisotopic (exact) mass is 262 g/mol. The van der Waals surface area contributed by atoms with E-state index < -0.39 is 0 Å². The predicted octanol–water partition coefficient (Wildman–Crippen LogP) is 2.96.